The van der Waals surface area contributed by atoms with Gasteiger partial charge in [-0.25, -0.2) is 8.42 Å². The fourth-order valence-corrected chi connectivity index (χ4v) is 7.86. The summed E-state index contributed by atoms with van der Waals surface area (Å²) in [6.45, 7) is 3.08. The molecular formula is C23H33N3O6S. The molecule has 10 heteroatoms. The Bertz CT molecular complexity index is 1050. The van der Waals surface area contributed by atoms with Gasteiger partial charge >= 0.3 is 0 Å². The Morgan fingerprint density at radius 1 is 1.09 bits per heavy atom. The van der Waals surface area contributed by atoms with Crippen molar-refractivity contribution in [1.29, 1.82) is 0 Å². The SMILES string of the molecule is COc1ccc(S(=O)(=O)NC(C)(C)C(=O)NC2C3CC4CC2CC(C(N)=O)(C4)C3)c(OC)c1. The number of sulfonamides is 1. The number of nitrogens with two attached hydrogens (primary N) is 1. The Morgan fingerprint density at radius 2 is 1.73 bits per heavy atom. The highest BCUT2D eigenvalue weighted by molar-refractivity contribution is 7.89. The van der Waals surface area contributed by atoms with Gasteiger partial charge in [-0.2, -0.15) is 4.72 Å². The van der Waals surface area contributed by atoms with E-state index in [9.17, 15) is 18.0 Å². The highest BCUT2D eigenvalue weighted by Gasteiger charge is 2.58. The van der Waals surface area contributed by atoms with Gasteiger partial charge in [0.25, 0.3) is 0 Å². The van der Waals surface area contributed by atoms with E-state index in [2.05, 4.69) is 10.0 Å². The van der Waals surface area contributed by atoms with Crippen molar-refractivity contribution in [3.63, 3.8) is 0 Å². The van der Waals surface area contributed by atoms with Crippen molar-refractivity contribution in [2.24, 2.45) is 28.9 Å². The summed E-state index contributed by atoms with van der Waals surface area (Å²) in [4.78, 5) is 25.3. The average Bonchev–Trinajstić information content (AvgIpc) is 2.74. The van der Waals surface area contributed by atoms with Crippen LogP contribution in [0.15, 0.2) is 23.1 Å². The lowest BCUT2D eigenvalue weighted by molar-refractivity contribution is -0.148. The van der Waals surface area contributed by atoms with Crippen molar-refractivity contribution in [2.45, 2.75) is 62.4 Å². The van der Waals surface area contributed by atoms with Crippen LogP contribution in [0.1, 0.15) is 46.0 Å². The maximum atomic E-state index is 13.3. The number of carbonyl (C=O) groups is 2. The molecule has 0 heterocycles. The minimum absolute atomic E-state index is 0.0790. The van der Waals surface area contributed by atoms with Crippen LogP contribution in [0.2, 0.25) is 0 Å². The zero-order valence-electron chi connectivity index (χ0n) is 19.5. The molecule has 0 spiro atoms. The molecule has 0 aliphatic heterocycles. The van der Waals surface area contributed by atoms with E-state index in [-0.39, 0.29) is 34.4 Å². The first kappa shape index (κ1) is 23.8. The molecule has 4 saturated carbocycles. The van der Waals surface area contributed by atoms with Gasteiger partial charge in [0.2, 0.25) is 21.8 Å². The topological polar surface area (TPSA) is 137 Å². The summed E-state index contributed by atoms with van der Waals surface area (Å²) < 4.78 is 39.1. The Kier molecular flexibility index (Phi) is 5.89. The standard InChI is InChI=1S/C23H33N3O6S/c1-22(2,26-33(29,30)18-6-5-16(31-3)9-17(18)32-4)21(28)25-19-14-7-13-8-15(19)12-23(10-13,11-14)20(24)27/h5-6,9,13-15,19,26H,7-8,10-12H2,1-4H3,(H2,24,27)(H,25,28). The van der Waals surface area contributed by atoms with Gasteiger partial charge in [-0.05, 0) is 75.8 Å². The summed E-state index contributed by atoms with van der Waals surface area (Å²) in [5.74, 6) is 0.785. The number of rotatable bonds is 8. The fraction of sp³-hybridized carbons (Fsp3) is 0.652. The lowest BCUT2D eigenvalue weighted by atomic mass is 9.47. The Balaban J connectivity index is 1.50. The van der Waals surface area contributed by atoms with Crippen LogP contribution in [-0.4, -0.2) is 46.0 Å². The largest absolute Gasteiger partial charge is 0.497 e. The number of nitrogens with one attached hydrogen (secondary N) is 2. The molecule has 4 N–H and O–H groups in total. The van der Waals surface area contributed by atoms with Crippen LogP contribution in [0, 0.1) is 23.2 Å². The molecule has 0 radical (unpaired) electrons. The van der Waals surface area contributed by atoms with Gasteiger partial charge in [-0.1, -0.05) is 0 Å². The Labute approximate surface area is 194 Å². The Hall–Kier alpha value is -2.33. The normalized spacial score (nSPS) is 30.7. The number of amides is 2. The number of hydrogen-bond acceptors (Lipinski definition) is 6. The van der Waals surface area contributed by atoms with E-state index < -0.39 is 26.9 Å². The zero-order valence-corrected chi connectivity index (χ0v) is 20.3. The summed E-state index contributed by atoms with van der Waals surface area (Å²) in [5, 5.41) is 3.11. The van der Waals surface area contributed by atoms with Gasteiger partial charge in [0.15, 0.2) is 0 Å². The van der Waals surface area contributed by atoms with Crippen molar-refractivity contribution >= 4 is 21.8 Å². The van der Waals surface area contributed by atoms with E-state index in [1.807, 2.05) is 0 Å². The van der Waals surface area contributed by atoms with Gasteiger partial charge in [-0.3, -0.25) is 9.59 Å². The summed E-state index contributed by atoms with van der Waals surface area (Å²) in [6, 6.07) is 4.30. The first-order chi connectivity index (χ1) is 15.4. The molecule has 33 heavy (non-hydrogen) atoms. The first-order valence-corrected chi connectivity index (χ1v) is 12.8. The molecule has 2 atom stereocenters. The predicted molar refractivity (Wildman–Crippen MR) is 121 cm³/mol. The van der Waals surface area contributed by atoms with Crippen LogP contribution in [0.3, 0.4) is 0 Å². The van der Waals surface area contributed by atoms with Crippen LogP contribution >= 0.6 is 0 Å². The second-order valence-corrected chi connectivity index (χ2v) is 12.0. The molecule has 2 amide bonds. The Morgan fingerprint density at radius 3 is 2.27 bits per heavy atom. The first-order valence-electron chi connectivity index (χ1n) is 11.3. The van der Waals surface area contributed by atoms with E-state index in [1.165, 1.54) is 46.3 Å². The third-order valence-electron chi connectivity index (χ3n) is 7.71. The number of primary amides is 1. The molecule has 5 rings (SSSR count). The van der Waals surface area contributed by atoms with Crippen LogP contribution in [-0.2, 0) is 19.6 Å². The minimum atomic E-state index is -4.07. The summed E-state index contributed by atoms with van der Waals surface area (Å²) in [5.41, 5.74) is 3.91. The summed E-state index contributed by atoms with van der Waals surface area (Å²) >= 11 is 0. The van der Waals surface area contributed by atoms with Gasteiger partial charge in [0.05, 0.1) is 14.2 Å². The van der Waals surface area contributed by atoms with Crippen LogP contribution in [0.25, 0.3) is 0 Å². The second kappa shape index (κ2) is 8.16. The maximum absolute atomic E-state index is 13.3. The molecule has 4 aliphatic carbocycles. The molecule has 4 aliphatic rings. The van der Waals surface area contributed by atoms with Gasteiger partial charge in [0.1, 0.15) is 21.9 Å². The molecule has 1 aromatic rings. The maximum Gasteiger partial charge on any atom is 0.245 e. The third kappa shape index (κ3) is 4.19. The predicted octanol–water partition coefficient (Wildman–Crippen LogP) is 1.56. The van der Waals surface area contributed by atoms with Crippen molar-refractivity contribution in [1.82, 2.24) is 10.0 Å². The molecule has 2 unspecified atom stereocenters. The van der Waals surface area contributed by atoms with E-state index in [0.29, 0.717) is 24.5 Å². The number of carbonyl (C=O) groups excluding carboxylic acids is 2. The fourth-order valence-electron chi connectivity index (χ4n) is 6.33. The third-order valence-corrected chi connectivity index (χ3v) is 9.41. The molecule has 182 valence electrons. The van der Waals surface area contributed by atoms with Crippen LogP contribution in [0.5, 0.6) is 11.5 Å². The molecular weight excluding hydrogens is 446 g/mol. The molecule has 4 bridgehead atoms. The van der Waals surface area contributed by atoms with E-state index >= 15 is 0 Å². The highest BCUT2D eigenvalue weighted by atomic mass is 32.2. The molecule has 9 nitrogen and oxygen atoms in total. The van der Waals surface area contributed by atoms with Gasteiger partial charge < -0.3 is 20.5 Å². The highest BCUT2D eigenvalue weighted by Crippen LogP contribution is 2.59. The lowest BCUT2D eigenvalue weighted by Crippen LogP contribution is -2.65. The number of ether oxygens (including phenoxy) is 2. The van der Waals surface area contributed by atoms with E-state index in [4.69, 9.17) is 15.2 Å². The monoisotopic (exact) mass is 479 g/mol. The quantitative estimate of drug-likeness (QED) is 0.517. The van der Waals surface area contributed by atoms with Gasteiger partial charge in [0, 0.05) is 17.5 Å². The van der Waals surface area contributed by atoms with Crippen molar-refractivity contribution in [3.05, 3.63) is 18.2 Å². The zero-order chi connectivity index (χ0) is 24.2. The van der Waals surface area contributed by atoms with Crippen LogP contribution < -0.4 is 25.2 Å². The van der Waals surface area contributed by atoms with Gasteiger partial charge in [-0.15, -0.1) is 0 Å². The van der Waals surface area contributed by atoms with E-state index in [0.717, 1.165) is 19.3 Å². The summed E-state index contributed by atoms with van der Waals surface area (Å²) in [6.07, 6.45) is 4.16. The number of methoxy groups -OCH3 is 2. The second-order valence-electron chi connectivity index (χ2n) is 10.4. The molecule has 1 aromatic carbocycles. The van der Waals surface area contributed by atoms with Crippen molar-refractivity contribution in [2.75, 3.05) is 14.2 Å². The molecule has 0 aromatic heterocycles. The lowest BCUT2D eigenvalue weighted by Gasteiger charge is -2.59. The average molecular weight is 480 g/mol. The molecule has 4 fully saturated rings. The number of benzene rings is 1. The minimum Gasteiger partial charge on any atom is -0.497 e. The van der Waals surface area contributed by atoms with Crippen LogP contribution in [0.4, 0.5) is 0 Å². The smallest absolute Gasteiger partial charge is 0.245 e. The molecule has 0 saturated heterocycles. The number of hydrogen-bond donors (Lipinski definition) is 3. The van der Waals surface area contributed by atoms with Crippen molar-refractivity contribution < 1.29 is 27.5 Å². The summed E-state index contributed by atoms with van der Waals surface area (Å²) in [7, 11) is -1.22. The van der Waals surface area contributed by atoms with E-state index in [1.54, 1.807) is 0 Å². The van der Waals surface area contributed by atoms with Crippen molar-refractivity contribution in [3.8, 4) is 11.5 Å².